The van der Waals surface area contributed by atoms with Gasteiger partial charge in [-0.2, -0.15) is 0 Å². The molecule has 0 radical (unpaired) electrons. The van der Waals surface area contributed by atoms with Crippen molar-refractivity contribution in [2.45, 2.75) is 25.9 Å². The van der Waals surface area contributed by atoms with Crippen molar-refractivity contribution in [1.29, 1.82) is 0 Å². The van der Waals surface area contributed by atoms with Crippen molar-refractivity contribution in [3.63, 3.8) is 0 Å². The molecule has 2 aromatic carbocycles. The molecule has 0 spiro atoms. The van der Waals surface area contributed by atoms with Gasteiger partial charge in [-0.25, -0.2) is 4.98 Å². The van der Waals surface area contributed by atoms with Gasteiger partial charge in [0.1, 0.15) is 23.9 Å². The Kier molecular flexibility index (Phi) is 7.14. The summed E-state index contributed by atoms with van der Waals surface area (Å²) >= 11 is 0. The van der Waals surface area contributed by atoms with Crippen LogP contribution in [0.2, 0.25) is 0 Å². The van der Waals surface area contributed by atoms with Gasteiger partial charge in [0.2, 0.25) is 5.91 Å². The molecule has 2 N–H and O–H groups in total. The second-order valence-electron chi connectivity index (χ2n) is 9.26. The maximum atomic E-state index is 12.7. The van der Waals surface area contributed by atoms with Crippen molar-refractivity contribution >= 4 is 17.4 Å². The summed E-state index contributed by atoms with van der Waals surface area (Å²) in [4.78, 5) is 19.6. The molecular formula is C28H31N3O4. The van der Waals surface area contributed by atoms with Crippen LogP contribution >= 0.6 is 0 Å². The molecule has 1 unspecified atom stereocenters. The Balaban J connectivity index is 1.09. The average molecular weight is 474 g/mol. The SMILES string of the molecule is O=C(Nc1ccc(N2CCC(COc3cccc(CO)c3)CC2)nc1)C1COc2ccccc2C1. The number of piperidine rings is 1. The zero-order chi connectivity index (χ0) is 24.0. The van der Waals surface area contributed by atoms with Crippen LogP contribution in [0.5, 0.6) is 11.5 Å². The fourth-order valence-electron chi connectivity index (χ4n) is 4.66. The number of anilines is 2. The maximum absolute atomic E-state index is 12.7. The fourth-order valence-corrected chi connectivity index (χ4v) is 4.66. The molecule has 7 heteroatoms. The number of hydrogen-bond donors (Lipinski definition) is 2. The quantitative estimate of drug-likeness (QED) is 0.539. The number of pyridine rings is 1. The van der Waals surface area contributed by atoms with Crippen LogP contribution in [0, 0.1) is 11.8 Å². The molecule has 1 amide bonds. The lowest BCUT2D eigenvalue weighted by Gasteiger charge is -2.32. The third-order valence-corrected chi connectivity index (χ3v) is 6.77. The number of fused-ring (bicyclic) bond motifs is 1. The molecule has 3 heterocycles. The van der Waals surface area contributed by atoms with Crippen LogP contribution in [0.4, 0.5) is 11.5 Å². The molecule has 35 heavy (non-hydrogen) atoms. The molecule has 0 saturated carbocycles. The van der Waals surface area contributed by atoms with Crippen LogP contribution in [-0.4, -0.2) is 42.3 Å². The Morgan fingerprint density at radius 2 is 1.97 bits per heavy atom. The van der Waals surface area contributed by atoms with Crippen LogP contribution in [0.15, 0.2) is 66.9 Å². The Bertz CT molecular complexity index is 1140. The summed E-state index contributed by atoms with van der Waals surface area (Å²) in [5.74, 6) is 2.84. The molecular weight excluding hydrogens is 442 g/mol. The zero-order valence-electron chi connectivity index (χ0n) is 19.7. The summed E-state index contributed by atoms with van der Waals surface area (Å²) in [5, 5.41) is 12.3. The number of rotatable bonds is 7. The standard InChI is InChI=1S/C28H31N3O4/c32-17-21-4-3-6-25(14-21)34-18-20-10-12-31(13-11-20)27-9-8-24(16-29-27)30-28(33)23-15-22-5-1-2-7-26(22)35-19-23/h1-9,14,16,20,23,32H,10-13,15,17-19H2,(H,30,33). The highest BCUT2D eigenvalue weighted by atomic mass is 16.5. The van der Waals surface area contributed by atoms with Crippen LogP contribution in [-0.2, 0) is 17.8 Å². The third kappa shape index (κ3) is 5.74. The molecule has 2 aliphatic heterocycles. The first-order valence-electron chi connectivity index (χ1n) is 12.2. The number of aliphatic hydroxyl groups is 1. The minimum absolute atomic E-state index is 0.0224. The summed E-state index contributed by atoms with van der Waals surface area (Å²) in [5.41, 5.74) is 2.63. The number of benzene rings is 2. The van der Waals surface area contributed by atoms with Crippen LogP contribution in [0.1, 0.15) is 24.0 Å². The van der Waals surface area contributed by atoms with E-state index in [1.165, 1.54) is 0 Å². The zero-order valence-corrected chi connectivity index (χ0v) is 19.7. The number of amides is 1. The first kappa shape index (κ1) is 23.2. The first-order valence-corrected chi connectivity index (χ1v) is 12.2. The van der Waals surface area contributed by atoms with Gasteiger partial charge in [0, 0.05) is 13.1 Å². The summed E-state index contributed by atoms with van der Waals surface area (Å²) < 4.78 is 11.7. The van der Waals surface area contributed by atoms with E-state index in [4.69, 9.17) is 9.47 Å². The number of carbonyl (C=O) groups is 1. The largest absolute Gasteiger partial charge is 0.493 e. The summed E-state index contributed by atoms with van der Waals surface area (Å²) in [7, 11) is 0. The van der Waals surface area contributed by atoms with Gasteiger partial charge in [0.15, 0.2) is 0 Å². The topological polar surface area (TPSA) is 83.9 Å². The fraction of sp³-hybridized carbons (Fsp3) is 0.357. The van der Waals surface area contributed by atoms with Crippen molar-refractivity contribution in [1.82, 2.24) is 4.98 Å². The molecule has 1 atom stereocenters. The molecule has 0 aliphatic carbocycles. The summed E-state index contributed by atoms with van der Waals surface area (Å²) in [6, 6.07) is 19.4. The number of aliphatic hydroxyl groups excluding tert-OH is 1. The Morgan fingerprint density at radius 1 is 1.11 bits per heavy atom. The molecule has 5 rings (SSSR count). The molecule has 1 saturated heterocycles. The molecule has 182 valence electrons. The predicted octanol–water partition coefficient (Wildman–Crippen LogP) is 4.06. The average Bonchev–Trinajstić information content (AvgIpc) is 2.92. The number of para-hydroxylation sites is 1. The lowest BCUT2D eigenvalue weighted by Crippen LogP contribution is -2.36. The number of nitrogens with zero attached hydrogens (tertiary/aromatic N) is 2. The predicted molar refractivity (Wildman–Crippen MR) is 135 cm³/mol. The van der Waals surface area contributed by atoms with Crippen LogP contribution in [0.3, 0.4) is 0 Å². The molecule has 2 aliphatic rings. The monoisotopic (exact) mass is 473 g/mol. The lowest BCUT2D eigenvalue weighted by molar-refractivity contribution is -0.121. The van der Waals surface area contributed by atoms with Crippen molar-refractivity contribution in [3.8, 4) is 11.5 Å². The lowest BCUT2D eigenvalue weighted by atomic mass is 9.96. The van der Waals surface area contributed by atoms with Gasteiger partial charge in [-0.1, -0.05) is 30.3 Å². The van der Waals surface area contributed by atoms with Gasteiger partial charge in [0.25, 0.3) is 0 Å². The molecule has 1 aromatic heterocycles. The van der Waals surface area contributed by atoms with Crippen molar-refractivity contribution < 1.29 is 19.4 Å². The van der Waals surface area contributed by atoms with Gasteiger partial charge in [-0.05, 0) is 66.6 Å². The number of carbonyl (C=O) groups excluding carboxylic acids is 1. The second-order valence-corrected chi connectivity index (χ2v) is 9.26. The van der Waals surface area contributed by atoms with E-state index in [0.29, 0.717) is 31.2 Å². The highest BCUT2D eigenvalue weighted by Crippen LogP contribution is 2.28. The van der Waals surface area contributed by atoms with E-state index in [-0.39, 0.29) is 18.4 Å². The van der Waals surface area contributed by atoms with Gasteiger partial charge in [-0.3, -0.25) is 4.79 Å². The van der Waals surface area contributed by atoms with E-state index < -0.39 is 0 Å². The minimum atomic E-state index is -0.211. The normalized spacial score (nSPS) is 17.9. The molecule has 7 nitrogen and oxygen atoms in total. The number of ether oxygens (including phenoxy) is 2. The van der Waals surface area contributed by atoms with Crippen LogP contribution < -0.4 is 19.7 Å². The molecule has 3 aromatic rings. The number of nitrogens with one attached hydrogen (secondary N) is 1. The van der Waals surface area contributed by atoms with Gasteiger partial charge >= 0.3 is 0 Å². The number of aromatic nitrogens is 1. The third-order valence-electron chi connectivity index (χ3n) is 6.77. The smallest absolute Gasteiger partial charge is 0.231 e. The van der Waals surface area contributed by atoms with Crippen LogP contribution in [0.25, 0.3) is 0 Å². The van der Waals surface area contributed by atoms with E-state index >= 15 is 0 Å². The van der Waals surface area contributed by atoms with Gasteiger partial charge in [-0.15, -0.1) is 0 Å². The molecule has 0 bridgehead atoms. The Hall–Kier alpha value is -3.58. The van der Waals surface area contributed by atoms with E-state index in [1.807, 2.05) is 60.7 Å². The van der Waals surface area contributed by atoms with Crippen molar-refractivity contribution in [2.24, 2.45) is 11.8 Å². The molecule has 1 fully saturated rings. The Morgan fingerprint density at radius 3 is 2.77 bits per heavy atom. The highest BCUT2D eigenvalue weighted by Gasteiger charge is 2.26. The van der Waals surface area contributed by atoms with Crippen molar-refractivity contribution in [3.05, 3.63) is 78.0 Å². The van der Waals surface area contributed by atoms with E-state index in [0.717, 1.165) is 54.4 Å². The maximum Gasteiger partial charge on any atom is 0.231 e. The van der Waals surface area contributed by atoms with E-state index in [2.05, 4.69) is 15.2 Å². The first-order chi connectivity index (χ1) is 17.2. The summed E-state index contributed by atoms with van der Waals surface area (Å²) in [6.45, 7) is 2.93. The van der Waals surface area contributed by atoms with E-state index in [9.17, 15) is 9.90 Å². The minimum Gasteiger partial charge on any atom is -0.493 e. The summed E-state index contributed by atoms with van der Waals surface area (Å²) in [6.07, 6.45) is 4.47. The second kappa shape index (κ2) is 10.8. The van der Waals surface area contributed by atoms with Gasteiger partial charge < -0.3 is 24.8 Å². The highest BCUT2D eigenvalue weighted by molar-refractivity contribution is 5.93. The van der Waals surface area contributed by atoms with E-state index in [1.54, 1.807) is 6.20 Å². The van der Waals surface area contributed by atoms with Gasteiger partial charge in [0.05, 0.1) is 31.0 Å². The number of hydrogen-bond acceptors (Lipinski definition) is 6. The van der Waals surface area contributed by atoms with Crippen molar-refractivity contribution in [2.75, 3.05) is 36.5 Å². The Labute approximate surface area is 205 Å².